The third-order valence-corrected chi connectivity index (χ3v) is 5.23. The summed E-state index contributed by atoms with van der Waals surface area (Å²) in [5.41, 5.74) is 1.22. The average Bonchev–Trinajstić information content (AvgIpc) is 3.06. The SMILES string of the molecule is CCc1csc(C2CCCN(C(=O)c3ccc(=O)n(C)n3)C2)n1. The van der Waals surface area contributed by atoms with Crippen LogP contribution in [0, 0.1) is 0 Å². The number of nitrogens with zero attached hydrogens (tertiary/aromatic N) is 4. The van der Waals surface area contributed by atoms with Gasteiger partial charge in [-0.05, 0) is 25.3 Å². The lowest BCUT2D eigenvalue weighted by molar-refractivity contribution is 0.0698. The molecule has 1 aliphatic rings. The lowest BCUT2D eigenvalue weighted by atomic mass is 9.98. The van der Waals surface area contributed by atoms with Crippen LogP contribution in [-0.2, 0) is 13.5 Å². The normalized spacial score (nSPS) is 18.2. The van der Waals surface area contributed by atoms with Crippen molar-refractivity contribution in [1.82, 2.24) is 19.7 Å². The molecule has 0 spiro atoms. The summed E-state index contributed by atoms with van der Waals surface area (Å²) < 4.78 is 1.20. The smallest absolute Gasteiger partial charge is 0.274 e. The molecule has 1 unspecified atom stereocenters. The molecule has 6 nitrogen and oxygen atoms in total. The van der Waals surface area contributed by atoms with E-state index in [1.807, 2.05) is 4.90 Å². The number of amides is 1. The van der Waals surface area contributed by atoms with E-state index in [4.69, 9.17) is 0 Å². The lowest BCUT2D eigenvalue weighted by Gasteiger charge is -2.31. The molecule has 0 aromatic carbocycles. The highest BCUT2D eigenvalue weighted by Crippen LogP contribution is 2.29. The fourth-order valence-corrected chi connectivity index (χ4v) is 3.85. The maximum atomic E-state index is 12.6. The molecule has 2 aromatic heterocycles. The van der Waals surface area contributed by atoms with Crippen molar-refractivity contribution >= 4 is 17.2 Å². The van der Waals surface area contributed by atoms with Crippen LogP contribution >= 0.6 is 11.3 Å². The van der Waals surface area contributed by atoms with Gasteiger partial charge in [-0.15, -0.1) is 11.3 Å². The zero-order valence-corrected chi connectivity index (χ0v) is 14.2. The van der Waals surface area contributed by atoms with Crippen LogP contribution < -0.4 is 5.56 Å². The monoisotopic (exact) mass is 332 g/mol. The Morgan fingerprint density at radius 3 is 2.96 bits per heavy atom. The lowest BCUT2D eigenvalue weighted by Crippen LogP contribution is -2.40. The Hall–Kier alpha value is -2.02. The third-order valence-electron chi connectivity index (χ3n) is 4.17. The van der Waals surface area contributed by atoms with Crippen LogP contribution in [0.2, 0.25) is 0 Å². The van der Waals surface area contributed by atoms with Gasteiger partial charge in [0, 0.05) is 37.5 Å². The van der Waals surface area contributed by atoms with E-state index in [0.717, 1.165) is 36.5 Å². The van der Waals surface area contributed by atoms with Crippen molar-refractivity contribution in [2.24, 2.45) is 7.05 Å². The van der Waals surface area contributed by atoms with Gasteiger partial charge in [0.2, 0.25) is 0 Å². The van der Waals surface area contributed by atoms with Gasteiger partial charge in [0.1, 0.15) is 5.69 Å². The predicted molar refractivity (Wildman–Crippen MR) is 88.8 cm³/mol. The molecule has 0 saturated carbocycles. The second-order valence-electron chi connectivity index (χ2n) is 5.80. The van der Waals surface area contributed by atoms with E-state index in [1.165, 1.54) is 16.8 Å². The fraction of sp³-hybridized carbons (Fsp3) is 0.500. The van der Waals surface area contributed by atoms with Gasteiger partial charge >= 0.3 is 0 Å². The summed E-state index contributed by atoms with van der Waals surface area (Å²) in [6.07, 6.45) is 2.96. The average molecular weight is 332 g/mol. The summed E-state index contributed by atoms with van der Waals surface area (Å²) in [6, 6.07) is 2.89. The standard InChI is InChI=1S/C16H20N4O2S/c1-3-12-10-23-15(17-12)11-5-4-8-20(9-11)16(22)13-6-7-14(21)19(2)18-13/h6-7,10-11H,3-5,8-9H2,1-2H3. The van der Waals surface area contributed by atoms with Crippen molar-refractivity contribution in [1.29, 1.82) is 0 Å². The molecule has 0 aliphatic carbocycles. The van der Waals surface area contributed by atoms with E-state index in [-0.39, 0.29) is 11.5 Å². The molecule has 122 valence electrons. The number of aryl methyl sites for hydroxylation is 2. The Morgan fingerprint density at radius 2 is 2.26 bits per heavy atom. The van der Waals surface area contributed by atoms with Crippen LogP contribution in [0.4, 0.5) is 0 Å². The molecule has 3 rings (SSSR count). The van der Waals surface area contributed by atoms with Crippen molar-refractivity contribution in [2.75, 3.05) is 13.1 Å². The molecule has 3 heterocycles. The van der Waals surface area contributed by atoms with Gasteiger partial charge in [-0.1, -0.05) is 6.92 Å². The molecule has 0 N–H and O–H groups in total. The number of piperidine rings is 1. The number of hydrogen-bond acceptors (Lipinski definition) is 5. The minimum Gasteiger partial charge on any atom is -0.337 e. The Kier molecular flexibility index (Phi) is 4.56. The van der Waals surface area contributed by atoms with Crippen molar-refractivity contribution in [3.8, 4) is 0 Å². The quantitative estimate of drug-likeness (QED) is 0.860. The minimum atomic E-state index is -0.215. The van der Waals surface area contributed by atoms with E-state index < -0.39 is 0 Å². The molecule has 1 fully saturated rings. The highest BCUT2D eigenvalue weighted by molar-refractivity contribution is 7.09. The van der Waals surface area contributed by atoms with Gasteiger partial charge in [-0.25, -0.2) is 9.67 Å². The second kappa shape index (κ2) is 6.62. The summed E-state index contributed by atoms with van der Waals surface area (Å²) in [6.45, 7) is 3.49. The van der Waals surface area contributed by atoms with E-state index >= 15 is 0 Å². The topological polar surface area (TPSA) is 68.1 Å². The first kappa shape index (κ1) is 15.9. The Morgan fingerprint density at radius 1 is 1.43 bits per heavy atom. The van der Waals surface area contributed by atoms with Crippen LogP contribution in [0.3, 0.4) is 0 Å². The van der Waals surface area contributed by atoms with Crippen LogP contribution in [-0.4, -0.2) is 38.7 Å². The number of carbonyl (C=O) groups excluding carboxylic acids is 1. The first-order valence-corrected chi connectivity index (χ1v) is 8.74. The molecule has 1 amide bonds. The van der Waals surface area contributed by atoms with Gasteiger partial charge in [-0.2, -0.15) is 5.10 Å². The van der Waals surface area contributed by atoms with Crippen LogP contribution in [0.25, 0.3) is 0 Å². The molecule has 1 saturated heterocycles. The van der Waals surface area contributed by atoms with Crippen LogP contribution in [0.5, 0.6) is 0 Å². The maximum Gasteiger partial charge on any atom is 0.274 e. The first-order valence-electron chi connectivity index (χ1n) is 7.86. The van der Waals surface area contributed by atoms with Crippen molar-refractivity contribution in [2.45, 2.75) is 32.1 Å². The molecule has 0 bridgehead atoms. The van der Waals surface area contributed by atoms with Crippen molar-refractivity contribution in [3.05, 3.63) is 44.3 Å². The second-order valence-corrected chi connectivity index (χ2v) is 6.69. The zero-order chi connectivity index (χ0) is 16.4. The van der Waals surface area contributed by atoms with E-state index in [2.05, 4.69) is 22.4 Å². The minimum absolute atomic E-state index is 0.113. The highest BCUT2D eigenvalue weighted by atomic mass is 32.1. The Labute approximate surface area is 138 Å². The molecule has 0 radical (unpaired) electrons. The number of rotatable bonds is 3. The summed E-state index contributed by atoms with van der Waals surface area (Å²) >= 11 is 1.68. The first-order chi connectivity index (χ1) is 11.1. The van der Waals surface area contributed by atoms with Crippen molar-refractivity contribution in [3.63, 3.8) is 0 Å². The van der Waals surface area contributed by atoms with E-state index in [9.17, 15) is 9.59 Å². The van der Waals surface area contributed by atoms with Crippen LogP contribution in [0.15, 0.2) is 22.3 Å². The van der Waals surface area contributed by atoms with Gasteiger partial charge in [0.15, 0.2) is 0 Å². The molecule has 1 atom stereocenters. The number of hydrogen-bond donors (Lipinski definition) is 0. The number of aromatic nitrogens is 3. The molecule has 23 heavy (non-hydrogen) atoms. The number of likely N-dealkylation sites (tertiary alicyclic amines) is 1. The van der Waals surface area contributed by atoms with E-state index in [1.54, 1.807) is 18.4 Å². The summed E-state index contributed by atoms with van der Waals surface area (Å²) in [5.74, 6) is 0.183. The fourth-order valence-electron chi connectivity index (χ4n) is 2.81. The Bertz CT molecular complexity index is 767. The molecule has 2 aromatic rings. The third kappa shape index (κ3) is 3.34. The summed E-state index contributed by atoms with van der Waals surface area (Å²) in [5, 5.41) is 7.28. The number of carbonyl (C=O) groups is 1. The zero-order valence-electron chi connectivity index (χ0n) is 13.4. The van der Waals surface area contributed by atoms with Crippen LogP contribution in [0.1, 0.15) is 46.9 Å². The van der Waals surface area contributed by atoms with Gasteiger partial charge in [-0.3, -0.25) is 9.59 Å². The van der Waals surface area contributed by atoms with Gasteiger partial charge < -0.3 is 4.90 Å². The molecule has 7 heteroatoms. The predicted octanol–water partition coefficient (Wildman–Crippen LogP) is 1.82. The highest BCUT2D eigenvalue weighted by Gasteiger charge is 2.28. The Balaban J connectivity index is 1.76. The molecular weight excluding hydrogens is 312 g/mol. The maximum absolute atomic E-state index is 12.6. The molecular formula is C16H20N4O2S. The van der Waals surface area contributed by atoms with Gasteiger partial charge in [0.05, 0.1) is 10.7 Å². The molecule has 1 aliphatic heterocycles. The summed E-state index contributed by atoms with van der Waals surface area (Å²) in [4.78, 5) is 30.5. The summed E-state index contributed by atoms with van der Waals surface area (Å²) in [7, 11) is 1.56. The van der Waals surface area contributed by atoms with Gasteiger partial charge in [0.25, 0.3) is 11.5 Å². The number of thiazole rings is 1. The van der Waals surface area contributed by atoms with Crippen molar-refractivity contribution < 1.29 is 4.79 Å². The van der Waals surface area contributed by atoms with E-state index in [0.29, 0.717) is 18.2 Å². The largest absolute Gasteiger partial charge is 0.337 e.